The topological polar surface area (TPSA) is 44.5 Å². The van der Waals surface area contributed by atoms with Crippen LogP contribution in [0.3, 0.4) is 0 Å². The van der Waals surface area contributed by atoms with Gasteiger partial charge in [-0.1, -0.05) is 42.0 Å². The second-order valence-corrected chi connectivity index (χ2v) is 5.39. The summed E-state index contributed by atoms with van der Waals surface area (Å²) < 4.78 is 10.9. The number of halogens is 1. The molecule has 0 spiro atoms. The second kappa shape index (κ2) is 7.41. The first-order valence-electron chi connectivity index (χ1n) is 6.39. The van der Waals surface area contributed by atoms with Crippen molar-refractivity contribution >= 4 is 28.8 Å². The molecule has 0 aliphatic carbocycles. The predicted octanol–water partition coefficient (Wildman–Crippen LogP) is 3.70. The first-order chi connectivity index (χ1) is 10.1. The maximum Gasteiger partial charge on any atom is 0.129 e. The van der Waals surface area contributed by atoms with Gasteiger partial charge in [0.1, 0.15) is 10.7 Å². The van der Waals surface area contributed by atoms with E-state index < -0.39 is 0 Å². The second-order valence-electron chi connectivity index (χ2n) is 4.52. The Balaban J connectivity index is 1.98. The fraction of sp³-hybridized carbons (Fsp3) is 0.188. The van der Waals surface area contributed by atoms with Gasteiger partial charge in [-0.2, -0.15) is 0 Å². The number of hydrogen-bond donors (Lipinski definition) is 1. The number of nitrogens with two attached hydrogens (primary N) is 1. The normalized spacial score (nSPS) is 10.4. The third-order valence-corrected chi connectivity index (χ3v) is 3.45. The van der Waals surface area contributed by atoms with Crippen molar-refractivity contribution in [3.63, 3.8) is 0 Å². The van der Waals surface area contributed by atoms with Gasteiger partial charge in [-0.3, -0.25) is 0 Å². The molecule has 0 atom stereocenters. The Bertz CT molecular complexity index is 629. The van der Waals surface area contributed by atoms with E-state index in [1.165, 1.54) is 0 Å². The molecule has 0 saturated heterocycles. The minimum atomic E-state index is 0.311. The van der Waals surface area contributed by atoms with Crippen LogP contribution in [0.5, 0.6) is 5.75 Å². The molecule has 2 aromatic rings. The Morgan fingerprint density at radius 1 is 1.10 bits per heavy atom. The number of benzene rings is 2. The maximum absolute atomic E-state index is 5.84. The van der Waals surface area contributed by atoms with E-state index in [4.69, 9.17) is 39.0 Å². The molecule has 110 valence electrons. The number of ether oxygens (including phenoxy) is 2. The van der Waals surface area contributed by atoms with Crippen LogP contribution in [0, 0.1) is 0 Å². The van der Waals surface area contributed by atoms with E-state index in [2.05, 4.69) is 0 Å². The van der Waals surface area contributed by atoms with Gasteiger partial charge in [0.25, 0.3) is 0 Å². The van der Waals surface area contributed by atoms with Crippen molar-refractivity contribution in [2.24, 2.45) is 5.73 Å². The van der Waals surface area contributed by atoms with Crippen molar-refractivity contribution in [3.05, 3.63) is 64.2 Å². The molecule has 5 heteroatoms. The molecular formula is C16H16ClNO2S. The summed E-state index contributed by atoms with van der Waals surface area (Å²) >= 11 is 10.9. The Labute approximate surface area is 134 Å². The summed E-state index contributed by atoms with van der Waals surface area (Å²) in [5.74, 6) is 0.670. The highest BCUT2D eigenvalue weighted by atomic mass is 35.5. The molecule has 0 heterocycles. The number of thiocarbonyl (C=S) groups is 1. The van der Waals surface area contributed by atoms with Crippen LogP contribution in [0.4, 0.5) is 0 Å². The summed E-state index contributed by atoms with van der Waals surface area (Å²) in [5.41, 5.74) is 8.48. The Hall–Kier alpha value is -1.62. The molecule has 0 aliphatic heterocycles. The lowest BCUT2D eigenvalue weighted by Crippen LogP contribution is -2.11. The maximum atomic E-state index is 5.84. The fourth-order valence-electron chi connectivity index (χ4n) is 1.90. The molecule has 3 nitrogen and oxygen atoms in total. The van der Waals surface area contributed by atoms with Crippen molar-refractivity contribution in [1.29, 1.82) is 0 Å². The van der Waals surface area contributed by atoms with Crippen LogP contribution < -0.4 is 10.5 Å². The minimum Gasteiger partial charge on any atom is -0.496 e. The lowest BCUT2D eigenvalue weighted by Gasteiger charge is -2.10. The quantitative estimate of drug-likeness (QED) is 0.824. The van der Waals surface area contributed by atoms with Gasteiger partial charge >= 0.3 is 0 Å². The molecule has 2 rings (SSSR count). The lowest BCUT2D eigenvalue weighted by atomic mass is 10.1. The summed E-state index contributed by atoms with van der Waals surface area (Å²) in [7, 11) is 1.59. The fourth-order valence-corrected chi connectivity index (χ4v) is 2.19. The SMILES string of the molecule is COc1ccc(COCc2ccc(Cl)cc2)cc1C(N)=S. The average molecular weight is 322 g/mol. The summed E-state index contributed by atoms with van der Waals surface area (Å²) in [6.07, 6.45) is 0. The van der Waals surface area contributed by atoms with E-state index in [-0.39, 0.29) is 0 Å². The predicted molar refractivity (Wildman–Crippen MR) is 88.8 cm³/mol. The highest BCUT2D eigenvalue weighted by Gasteiger charge is 2.07. The van der Waals surface area contributed by atoms with E-state index in [1.54, 1.807) is 7.11 Å². The van der Waals surface area contributed by atoms with Crippen molar-refractivity contribution < 1.29 is 9.47 Å². The number of rotatable bonds is 6. The number of hydrogen-bond acceptors (Lipinski definition) is 3. The average Bonchev–Trinajstić information content (AvgIpc) is 2.49. The van der Waals surface area contributed by atoms with Gasteiger partial charge in [0.2, 0.25) is 0 Å². The van der Waals surface area contributed by atoms with Gasteiger partial charge in [-0.25, -0.2) is 0 Å². The van der Waals surface area contributed by atoms with E-state index in [1.807, 2.05) is 42.5 Å². The van der Waals surface area contributed by atoms with Crippen LogP contribution in [0.1, 0.15) is 16.7 Å². The van der Waals surface area contributed by atoms with E-state index in [0.717, 1.165) is 21.7 Å². The van der Waals surface area contributed by atoms with Gasteiger partial charge in [-0.05, 0) is 35.4 Å². The van der Waals surface area contributed by atoms with Crippen molar-refractivity contribution in [2.45, 2.75) is 13.2 Å². The first kappa shape index (κ1) is 15.8. The Morgan fingerprint density at radius 2 is 1.71 bits per heavy atom. The molecule has 0 aromatic heterocycles. The van der Waals surface area contributed by atoms with Crippen molar-refractivity contribution in [1.82, 2.24) is 0 Å². The zero-order valence-corrected chi connectivity index (χ0v) is 13.2. The largest absolute Gasteiger partial charge is 0.496 e. The smallest absolute Gasteiger partial charge is 0.129 e. The monoisotopic (exact) mass is 321 g/mol. The molecule has 2 aromatic carbocycles. The Kier molecular flexibility index (Phi) is 5.56. The van der Waals surface area contributed by atoms with Crippen LogP contribution in [0.15, 0.2) is 42.5 Å². The van der Waals surface area contributed by atoms with Gasteiger partial charge in [0.05, 0.1) is 25.9 Å². The van der Waals surface area contributed by atoms with Crippen LogP contribution >= 0.6 is 23.8 Å². The molecule has 0 aliphatic rings. The number of methoxy groups -OCH3 is 1. The minimum absolute atomic E-state index is 0.311. The van der Waals surface area contributed by atoms with E-state index >= 15 is 0 Å². The molecule has 0 fully saturated rings. The van der Waals surface area contributed by atoms with Crippen LogP contribution in [0.2, 0.25) is 5.02 Å². The van der Waals surface area contributed by atoms with Crippen molar-refractivity contribution in [3.8, 4) is 5.75 Å². The highest BCUT2D eigenvalue weighted by molar-refractivity contribution is 7.80. The molecule has 0 unspecified atom stereocenters. The summed E-state index contributed by atoms with van der Waals surface area (Å²) in [6, 6.07) is 13.2. The zero-order valence-electron chi connectivity index (χ0n) is 11.6. The zero-order chi connectivity index (χ0) is 15.2. The molecule has 2 N–H and O–H groups in total. The van der Waals surface area contributed by atoms with Crippen LogP contribution in [0.25, 0.3) is 0 Å². The molecular weight excluding hydrogens is 306 g/mol. The third kappa shape index (κ3) is 4.43. The first-order valence-corrected chi connectivity index (χ1v) is 7.17. The molecule has 0 amide bonds. The van der Waals surface area contributed by atoms with E-state index in [0.29, 0.717) is 24.0 Å². The lowest BCUT2D eigenvalue weighted by molar-refractivity contribution is 0.107. The van der Waals surface area contributed by atoms with Crippen LogP contribution in [-0.4, -0.2) is 12.1 Å². The van der Waals surface area contributed by atoms with Crippen molar-refractivity contribution in [2.75, 3.05) is 7.11 Å². The molecule has 0 saturated carbocycles. The van der Waals surface area contributed by atoms with E-state index in [9.17, 15) is 0 Å². The van der Waals surface area contributed by atoms with Gasteiger partial charge in [0, 0.05) is 5.02 Å². The molecule has 0 bridgehead atoms. The standard InChI is InChI=1S/C16H16ClNO2S/c1-19-15-7-4-12(8-14(15)16(18)21)10-20-9-11-2-5-13(17)6-3-11/h2-8H,9-10H2,1H3,(H2,18,21). The van der Waals surface area contributed by atoms with Crippen LogP contribution in [-0.2, 0) is 18.0 Å². The Morgan fingerprint density at radius 3 is 2.33 bits per heavy atom. The van der Waals surface area contributed by atoms with Gasteiger partial charge in [-0.15, -0.1) is 0 Å². The third-order valence-electron chi connectivity index (χ3n) is 2.98. The summed E-state index contributed by atoms with van der Waals surface area (Å²) in [6.45, 7) is 0.994. The van der Waals surface area contributed by atoms with Gasteiger partial charge < -0.3 is 15.2 Å². The molecule has 0 radical (unpaired) electrons. The highest BCUT2D eigenvalue weighted by Crippen LogP contribution is 2.20. The summed E-state index contributed by atoms with van der Waals surface area (Å²) in [4.78, 5) is 0.311. The summed E-state index contributed by atoms with van der Waals surface area (Å²) in [5, 5.41) is 0.718. The molecule has 21 heavy (non-hydrogen) atoms. The van der Waals surface area contributed by atoms with Gasteiger partial charge in [0.15, 0.2) is 0 Å².